The molecule has 0 fully saturated rings. The van der Waals surface area contributed by atoms with Gasteiger partial charge in [0.05, 0.1) is 0 Å². The molecule has 2 aromatic rings. The molecule has 2 aromatic carbocycles. The summed E-state index contributed by atoms with van der Waals surface area (Å²) in [6, 6.07) is 18.3. The predicted molar refractivity (Wildman–Crippen MR) is 82.0 cm³/mol. The van der Waals surface area contributed by atoms with Gasteiger partial charge >= 0.3 is 0 Å². The van der Waals surface area contributed by atoms with Gasteiger partial charge in [0.25, 0.3) is 0 Å². The van der Waals surface area contributed by atoms with Gasteiger partial charge < -0.3 is 10.6 Å². The Labute approximate surface area is 119 Å². The van der Waals surface area contributed by atoms with Crippen LogP contribution in [0.15, 0.2) is 59.6 Å². The number of rotatable bonds is 1. The number of halogens is 1. The quantitative estimate of drug-likeness (QED) is 0.868. The third-order valence-corrected chi connectivity index (χ3v) is 3.29. The maximum atomic E-state index is 6.06. The second kappa shape index (κ2) is 5.33. The van der Waals surface area contributed by atoms with Gasteiger partial charge in [0, 0.05) is 18.3 Å². The van der Waals surface area contributed by atoms with Gasteiger partial charge in [0.2, 0.25) is 0 Å². The van der Waals surface area contributed by atoms with Crippen LogP contribution < -0.4 is 10.6 Å². The van der Waals surface area contributed by atoms with E-state index in [0.717, 1.165) is 16.8 Å². The van der Waals surface area contributed by atoms with Crippen molar-refractivity contribution in [1.82, 2.24) is 0 Å². The van der Waals surface area contributed by atoms with Crippen molar-refractivity contribution in [3.63, 3.8) is 0 Å². The van der Waals surface area contributed by atoms with Gasteiger partial charge in [-0.15, -0.1) is 12.4 Å². The fraction of sp³-hybridized carbons (Fsp3) is 0.133. The van der Waals surface area contributed by atoms with E-state index in [4.69, 9.17) is 5.73 Å². The molecule has 0 spiro atoms. The lowest BCUT2D eigenvalue weighted by Crippen LogP contribution is -2.32. The van der Waals surface area contributed by atoms with Crippen molar-refractivity contribution < 1.29 is 0 Å². The highest BCUT2D eigenvalue weighted by Crippen LogP contribution is 2.33. The lowest BCUT2D eigenvalue weighted by Gasteiger charge is -2.33. The van der Waals surface area contributed by atoms with Crippen LogP contribution >= 0.6 is 12.4 Å². The Bertz CT molecular complexity index is 595. The van der Waals surface area contributed by atoms with Crippen LogP contribution in [-0.2, 0) is 0 Å². The number of nitrogens with two attached hydrogens (primary N) is 1. The van der Waals surface area contributed by atoms with Crippen LogP contribution in [0.25, 0.3) is 0 Å². The number of para-hydroxylation sites is 1. The van der Waals surface area contributed by atoms with Gasteiger partial charge in [-0.1, -0.05) is 42.5 Å². The maximum absolute atomic E-state index is 6.06. The van der Waals surface area contributed by atoms with Crippen molar-refractivity contribution in [2.24, 2.45) is 10.7 Å². The summed E-state index contributed by atoms with van der Waals surface area (Å²) >= 11 is 0. The zero-order valence-electron chi connectivity index (χ0n) is 10.7. The van der Waals surface area contributed by atoms with Gasteiger partial charge in [0.1, 0.15) is 12.0 Å². The van der Waals surface area contributed by atoms with Crippen molar-refractivity contribution in [3.05, 3.63) is 65.7 Å². The molecule has 1 heterocycles. The first kappa shape index (κ1) is 13.4. The highest BCUT2D eigenvalue weighted by Gasteiger charge is 2.24. The Morgan fingerprint density at radius 3 is 2.37 bits per heavy atom. The summed E-state index contributed by atoms with van der Waals surface area (Å²) in [7, 11) is 2.05. The average Bonchev–Trinajstić information content (AvgIpc) is 2.44. The van der Waals surface area contributed by atoms with Crippen LogP contribution in [0.2, 0.25) is 0 Å². The van der Waals surface area contributed by atoms with Gasteiger partial charge in [-0.3, -0.25) is 0 Å². The van der Waals surface area contributed by atoms with Crippen molar-refractivity contribution in [1.29, 1.82) is 0 Å². The molecule has 19 heavy (non-hydrogen) atoms. The molecular formula is C15H16ClN3. The molecule has 0 aliphatic carbocycles. The van der Waals surface area contributed by atoms with Gasteiger partial charge in [-0.05, 0) is 17.7 Å². The normalized spacial score (nSPS) is 17.2. The van der Waals surface area contributed by atoms with Gasteiger partial charge in [-0.2, -0.15) is 0 Å². The number of fused-ring (bicyclic) bond motifs is 1. The molecule has 1 aliphatic rings. The van der Waals surface area contributed by atoms with E-state index >= 15 is 0 Å². The molecule has 1 aliphatic heterocycles. The molecule has 98 valence electrons. The molecule has 2 N–H and O–H groups in total. The van der Waals surface area contributed by atoms with Crippen LogP contribution in [0.1, 0.15) is 17.3 Å². The molecule has 1 atom stereocenters. The number of benzene rings is 2. The van der Waals surface area contributed by atoms with Crippen LogP contribution in [0.3, 0.4) is 0 Å². The monoisotopic (exact) mass is 273 g/mol. The van der Waals surface area contributed by atoms with Crippen molar-refractivity contribution in [2.75, 3.05) is 11.9 Å². The summed E-state index contributed by atoms with van der Waals surface area (Å²) in [5, 5.41) is 0. The summed E-state index contributed by atoms with van der Waals surface area (Å²) in [6.07, 6.45) is -0.0406. The van der Waals surface area contributed by atoms with Crippen molar-refractivity contribution >= 4 is 23.9 Å². The zero-order valence-corrected chi connectivity index (χ0v) is 11.5. The van der Waals surface area contributed by atoms with E-state index in [9.17, 15) is 0 Å². The van der Waals surface area contributed by atoms with E-state index in [0.29, 0.717) is 5.84 Å². The number of anilines is 1. The molecule has 4 heteroatoms. The SMILES string of the molecule is CN1c2ccccc2C(N)=NC1c1ccccc1.Cl. The lowest BCUT2D eigenvalue weighted by molar-refractivity contribution is 0.697. The highest BCUT2D eigenvalue weighted by molar-refractivity contribution is 6.04. The second-order valence-electron chi connectivity index (χ2n) is 4.43. The standard InChI is InChI=1S/C15H15N3.ClH/c1-18-13-10-6-5-9-12(13)14(16)17-15(18)11-7-3-2-4-8-11;/h2-10,15H,1H3,(H2,16,17);1H. The summed E-state index contributed by atoms with van der Waals surface area (Å²) in [5.74, 6) is 0.609. The first-order valence-corrected chi connectivity index (χ1v) is 5.98. The molecule has 0 aromatic heterocycles. The number of aliphatic imine (C=N–C) groups is 1. The maximum Gasteiger partial charge on any atom is 0.149 e. The zero-order chi connectivity index (χ0) is 12.5. The molecule has 3 nitrogen and oxygen atoms in total. The van der Waals surface area contributed by atoms with E-state index in [1.807, 2.05) is 43.4 Å². The molecule has 0 amide bonds. The predicted octanol–water partition coefficient (Wildman–Crippen LogP) is 2.96. The molecule has 0 saturated carbocycles. The Kier molecular flexibility index (Phi) is 3.76. The third kappa shape index (κ3) is 2.29. The van der Waals surface area contributed by atoms with E-state index in [2.05, 4.69) is 28.1 Å². The molecule has 0 radical (unpaired) electrons. The average molecular weight is 274 g/mol. The Balaban J connectivity index is 0.00000133. The minimum atomic E-state index is -0.0406. The van der Waals surface area contributed by atoms with E-state index in [-0.39, 0.29) is 18.6 Å². The number of amidine groups is 1. The van der Waals surface area contributed by atoms with E-state index in [1.165, 1.54) is 0 Å². The third-order valence-electron chi connectivity index (χ3n) is 3.29. The lowest BCUT2D eigenvalue weighted by atomic mass is 10.1. The topological polar surface area (TPSA) is 41.6 Å². The minimum absolute atomic E-state index is 0. The second-order valence-corrected chi connectivity index (χ2v) is 4.43. The molecule has 3 rings (SSSR count). The fourth-order valence-corrected chi connectivity index (χ4v) is 2.34. The van der Waals surface area contributed by atoms with E-state index in [1.54, 1.807) is 0 Å². The largest absolute Gasteiger partial charge is 0.383 e. The molecule has 0 saturated heterocycles. The highest BCUT2D eigenvalue weighted by atomic mass is 35.5. The minimum Gasteiger partial charge on any atom is -0.383 e. The smallest absolute Gasteiger partial charge is 0.149 e. The number of hydrogen-bond donors (Lipinski definition) is 1. The summed E-state index contributed by atoms with van der Waals surface area (Å²) < 4.78 is 0. The van der Waals surface area contributed by atoms with Crippen LogP contribution in [0, 0.1) is 0 Å². The van der Waals surface area contributed by atoms with Gasteiger partial charge in [-0.25, -0.2) is 4.99 Å². The molecule has 0 bridgehead atoms. The number of nitrogens with zero attached hydrogens (tertiary/aromatic N) is 2. The molecular weight excluding hydrogens is 258 g/mol. The summed E-state index contributed by atoms with van der Waals surface area (Å²) in [6.45, 7) is 0. The van der Waals surface area contributed by atoms with Crippen LogP contribution in [-0.4, -0.2) is 12.9 Å². The van der Waals surface area contributed by atoms with Crippen LogP contribution in [0.5, 0.6) is 0 Å². The first-order chi connectivity index (χ1) is 8.77. The summed E-state index contributed by atoms with van der Waals surface area (Å²) in [5.41, 5.74) is 9.34. The molecule has 1 unspecified atom stereocenters. The Hall–Kier alpha value is -2.00. The fourth-order valence-electron chi connectivity index (χ4n) is 2.34. The Morgan fingerprint density at radius 2 is 1.63 bits per heavy atom. The number of hydrogen-bond acceptors (Lipinski definition) is 3. The summed E-state index contributed by atoms with van der Waals surface area (Å²) in [4.78, 5) is 6.75. The first-order valence-electron chi connectivity index (χ1n) is 5.98. The van der Waals surface area contributed by atoms with Gasteiger partial charge in [0.15, 0.2) is 0 Å². The van der Waals surface area contributed by atoms with Crippen LogP contribution in [0.4, 0.5) is 5.69 Å². The van der Waals surface area contributed by atoms with E-state index < -0.39 is 0 Å². The van der Waals surface area contributed by atoms with Crippen molar-refractivity contribution in [2.45, 2.75) is 6.17 Å². The van der Waals surface area contributed by atoms with Crippen molar-refractivity contribution in [3.8, 4) is 0 Å². The Morgan fingerprint density at radius 1 is 1.00 bits per heavy atom.